The summed E-state index contributed by atoms with van der Waals surface area (Å²) in [6, 6.07) is 14.4. The van der Waals surface area contributed by atoms with Gasteiger partial charge in [0.2, 0.25) is 5.43 Å². The number of thiophene rings is 1. The van der Waals surface area contributed by atoms with Crippen molar-refractivity contribution in [2.75, 3.05) is 0 Å². The fraction of sp³-hybridized carbons (Fsp3) is 0.167. The van der Waals surface area contributed by atoms with Crippen LogP contribution in [0.2, 0.25) is 5.02 Å². The van der Waals surface area contributed by atoms with Gasteiger partial charge < -0.3 is 9.72 Å². The summed E-state index contributed by atoms with van der Waals surface area (Å²) in [5.74, 6) is -0.597. The Morgan fingerprint density at radius 3 is 2.48 bits per heavy atom. The van der Waals surface area contributed by atoms with Crippen LogP contribution in [-0.4, -0.2) is 17.1 Å². The Morgan fingerprint density at radius 1 is 1.00 bits per heavy atom. The third kappa shape index (κ3) is 4.28. The van der Waals surface area contributed by atoms with Gasteiger partial charge in [-0.05, 0) is 66.6 Å². The maximum atomic E-state index is 12.9. The average Bonchev–Trinajstić information content (AvgIpc) is 3.24. The number of Topliss-reactive ketones (excluding diaryl/α,β-unsaturated/α-hetero) is 1. The Labute approximate surface area is 194 Å². The molecule has 0 fully saturated rings. The number of H-pyrrole nitrogens is 1. The Kier molecular flexibility index (Phi) is 5.29. The summed E-state index contributed by atoms with van der Waals surface area (Å²) in [5, 5.41) is 0.822. The molecule has 9 heteroatoms. The molecule has 0 radical (unpaired) electrons. The first kappa shape index (κ1) is 21.7. The number of nitrogens with one attached hydrogen (secondary N) is 1. The van der Waals surface area contributed by atoms with E-state index in [1.165, 1.54) is 23.5 Å². The fourth-order valence-electron chi connectivity index (χ4n) is 4.15. The molecule has 4 nitrogen and oxygen atoms in total. The Balaban J connectivity index is 1.42. The number of carbonyl (C=O) groups excluding carboxylic acids is 1. The van der Waals surface area contributed by atoms with Crippen LogP contribution in [-0.2, 0) is 6.42 Å². The first-order valence-electron chi connectivity index (χ1n) is 10.0. The van der Waals surface area contributed by atoms with Crippen molar-refractivity contribution in [3.8, 4) is 16.2 Å². The standard InChI is InChI=1S/C24H15ClF3NO3S/c25-14-3-6-17-16(11-14)23(31)22-18(29-17)9-13(10-19(22)30)21-8-7-20(33-21)12-1-4-15(5-2-12)32-24(26,27)28/h1-8,11,13H,9-10H2,(H,29,31). The highest BCUT2D eigenvalue weighted by Crippen LogP contribution is 2.39. The number of rotatable bonds is 3. The number of alkyl halides is 3. The number of aromatic nitrogens is 1. The Morgan fingerprint density at radius 2 is 1.76 bits per heavy atom. The maximum Gasteiger partial charge on any atom is 0.573 e. The molecule has 0 saturated carbocycles. The molecule has 0 aliphatic heterocycles. The molecular formula is C24H15ClF3NO3S. The molecule has 5 rings (SSSR count). The number of hydrogen-bond donors (Lipinski definition) is 1. The highest BCUT2D eigenvalue weighted by Gasteiger charge is 2.32. The van der Waals surface area contributed by atoms with Gasteiger partial charge >= 0.3 is 6.36 Å². The number of fused-ring (bicyclic) bond motifs is 2. The molecule has 2 heterocycles. The molecule has 2 aromatic heterocycles. The van der Waals surface area contributed by atoms with Crippen LogP contribution >= 0.6 is 22.9 Å². The normalized spacial score (nSPS) is 16.1. The highest BCUT2D eigenvalue weighted by atomic mass is 35.5. The molecule has 1 aliphatic carbocycles. The lowest BCUT2D eigenvalue weighted by atomic mass is 9.84. The summed E-state index contributed by atoms with van der Waals surface area (Å²) >= 11 is 7.48. The second-order valence-electron chi connectivity index (χ2n) is 7.80. The van der Waals surface area contributed by atoms with E-state index in [0.717, 1.165) is 15.3 Å². The summed E-state index contributed by atoms with van der Waals surface area (Å²) < 4.78 is 41.0. The van der Waals surface area contributed by atoms with Crippen molar-refractivity contribution in [1.82, 2.24) is 4.98 Å². The molecule has 1 N–H and O–H groups in total. The molecule has 0 saturated heterocycles. The number of benzene rings is 2. The van der Waals surface area contributed by atoms with Gasteiger partial charge in [0, 0.05) is 43.7 Å². The minimum absolute atomic E-state index is 0.100. The van der Waals surface area contributed by atoms with E-state index in [-0.39, 0.29) is 34.9 Å². The summed E-state index contributed by atoms with van der Waals surface area (Å²) in [4.78, 5) is 30.9. The van der Waals surface area contributed by atoms with Crippen molar-refractivity contribution in [2.24, 2.45) is 0 Å². The largest absolute Gasteiger partial charge is 0.573 e. The quantitative estimate of drug-likeness (QED) is 0.347. The molecule has 168 valence electrons. The predicted molar refractivity (Wildman–Crippen MR) is 121 cm³/mol. The van der Waals surface area contributed by atoms with Gasteiger partial charge in [0.15, 0.2) is 5.78 Å². The zero-order valence-corrected chi connectivity index (χ0v) is 18.4. The summed E-state index contributed by atoms with van der Waals surface area (Å²) in [7, 11) is 0. The third-order valence-electron chi connectivity index (χ3n) is 5.60. The summed E-state index contributed by atoms with van der Waals surface area (Å²) in [6.45, 7) is 0. The van der Waals surface area contributed by atoms with Gasteiger partial charge in [-0.15, -0.1) is 24.5 Å². The lowest BCUT2D eigenvalue weighted by molar-refractivity contribution is -0.274. The molecule has 1 aliphatic rings. The smallest absolute Gasteiger partial charge is 0.406 e. The van der Waals surface area contributed by atoms with Crippen molar-refractivity contribution >= 4 is 39.6 Å². The first-order valence-corrected chi connectivity index (χ1v) is 11.2. The average molecular weight is 490 g/mol. The van der Waals surface area contributed by atoms with Gasteiger partial charge in [-0.3, -0.25) is 9.59 Å². The van der Waals surface area contributed by atoms with Gasteiger partial charge in [-0.1, -0.05) is 11.6 Å². The minimum atomic E-state index is -4.74. The maximum absolute atomic E-state index is 12.9. The molecule has 0 amide bonds. The topological polar surface area (TPSA) is 59.2 Å². The van der Waals surface area contributed by atoms with Crippen LogP contribution in [0.3, 0.4) is 0 Å². The lowest BCUT2D eigenvalue weighted by Gasteiger charge is -2.22. The zero-order valence-electron chi connectivity index (χ0n) is 16.8. The van der Waals surface area contributed by atoms with Crippen molar-refractivity contribution in [1.29, 1.82) is 0 Å². The number of carbonyl (C=O) groups is 1. The van der Waals surface area contributed by atoms with Crippen molar-refractivity contribution in [3.63, 3.8) is 0 Å². The molecule has 1 unspecified atom stereocenters. The molecule has 2 aromatic carbocycles. The minimum Gasteiger partial charge on any atom is -0.406 e. The van der Waals surface area contributed by atoms with E-state index in [0.29, 0.717) is 28.0 Å². The first-order chi connectivity index (χ1) is 15.7. The van der Waals surface area contributed by atoms with Crippen LogP contribution in [0.1, 0.15) is 33.3 Å². The van der Waals surface area contributed by atoms with Crippen LogP contribution < -0.4 is 10.2 Å². The van der Waals surface area contributed by atoms with Crippen molar-refractivity contribution in [3.05, 3.63) is 86.0 Å². The van der Waals surface area contributed by atoms with Gasteiger partial charge in [0.05, 0.1) is 5.56 Å². The van der Waals surface area contributed by atoms with Gasteiger partial charge in [0.1, 0.15) is 5.75 Å². The van der Waals surface area contributed by atoms with E-state index in [1.54, 1.807) is 30.3 Å². The Hall–Kier alpha value is -3.10. The number of hydrogen-bond acceptors (Lipinski definition) is 4. The van der Waals surface area contributed by atoms with Crippen LogP contribution in [0.5, 0.6) is 5.75 Å². The number of aromatic amines is 1. The van der Waals surface area contributed by atoms with E-state index < -0.39 is 6.36 Å². The molecule has 33 heavy (non-hydrogen) atoms. The van der Waals surface area contributed by atoms with Gasteiger partial charge in [-0.2, -0.15) is 0 Å². The molecular weight excluding hydrogens is 475 g/mol. The molecule has 4 aromatic rings. The monoisotopic (exact) mass is 489 g/mol. The van der Waals surface area contributed by atoms with E-state index in [9.17, 15) is 22.8 Å². The second kappa shape index (κ2) is 8.04. The lowest BCUT2D eigenvalue weighted by Crippen LogP contribution is -2.27. The SMILES string of the molecule is O=C1CC(c2ccc(-c3ccc(OC(F)(F)F)cc3)s2)Cc2[nH]c3ccc(Cl)cc3c(=O)c21. The summed E-state index contributed by atoms with van der Waals surface area (Å²) in [5.41, 5.74) is 1.87. The van der Waals surface area contributed by atoms with Crippen LogP contribution in [0.25, 0.3) is 21.3 Å². The highest BCUT2D eigenvalue weighted by molar-refractivity contribution is 7.15. The van der Waals surface area contributed by atoms with Crippen LogP contribution in [0, 0.1) is 0 Å². The van der Waals surface area contributed by atoms with E-state index >= 15 is 0 Å². The van der Waals surface area contributed by atoms with Gasteiger partial charge in [0.25, 0.3) is 0 Å². The number of halogens is 4. The van der Waals surface area contributed by atoms with E-state index in [1.807, 2.05) is 12.1 Å². The molecule has 1 atom stereocenters. The molecule has 0 spiro atoms. The molecule has 0 bridgehead atoms. The van der Waals surface area contributed by atoms with E-state index in [4.69, 9.17) is 11.6 Å². The number of ether oxygens (including phenoxy) is 1. The zero-order chi connectivity index (χ0) is 23.3. The predicted octanol–water partition coefficient (Wildman–Crippen LogP) is 6.72. The van der Waals surface area contributed by atoms with E-state index in [2.05, 4.69) is 9.72 Å². The van der Waals surface area contributed by atoms with Crippen LogP contribution in [0.15, 0.2) is 59.4 Å². The number of pyridine rings is 1. The van der Waals surface area contributed by atoms with Crippen molar-refractivity contribution < 1.29 is 22.7 Å². The Bertz CT molecular complexity index is 1440. The van der Waals surface area contributed by atoms with Gasteiger partial charge in [-0.25, -0.2) is 0 Å². The van der Waals surface area contributed by atoms with Crippen molar-refractivity contribution in [2.45, 2.75) is 25.1 Å². The fourth-order valence-corrected chi connectivity index (χ4v) is 5.44. The number of ketones is 1. The summed E-state index contributed by atoms with van der Waals surface area (Å²) in [6.07, 6.45) is -4.02. The second-order valence-corrected chi connectivity index (χ2v) is 9.35. The third-order valence-corrected chi connectivity index (χ3v) is 7.14. The van der Waals surface area contributed by atoms with Crippen LogP contribution in [0.4, 0.5) is 13.2 Å².